The molecule has 50 heavy (non-hydrogen) atoms. The van der Waals surface area contributed by atoms with Gasteiger partial charge in [0.15, 0.2) is 14.1 Å². The van der Waals surface area contributed by atoms with E-state index in [1.54, 1.807) is 0 Å². The fourth-order valence-corrected chi connectivity index (χ4v) is 5.58. The zero-order valence-electron chi connectivity index (χ0n) is 26.2. The lowest BCUT2D eigenvalue weighted by atomic mass is 10.2. The van der Waals surface area contributed by atoms with Crippen molar-refractivity contribution in [2.75, 3.05) is 37.9 Å². The number of carbonyl (C=O) groups excluding carboxylic acids is 2. The first-order chi connectivity index (χ1) is 23.8. The second-order valence-corrected chi connectivity index (χ2v) is 13.4. The van der Waals surface area contributed by atoms with Crippen molar-refractivity contribution in [2.45, 2.75) is 42.4 Å². The van der Waals surface area contributed by atoms with Crippen molar-refractivity contribution >= 4 is 70.5 Å². The van der Waals surface area contributed by atoms with E-state index in [9.17, 15) is 35.9 Å². The molecule has 0 spiro atoms. The number of nitrogens with one attached hydrogen (secondary N) is 3. The molecule has 0 aliphatic carbocycles. The summed E-state index contributed by atoms with van der Waals surface area (Å²) < 4.78 is 83.5. The SMILES string of the molecule is C1CCOC1.O=C(CCl)NCCC(F)(F)F.O=C(CSc1nc(-c2ccccc2)ns1)NCCC(F)(F)F.S=c1nc(-c2ccccc2)[nH]s1. The van der Waals surface area contributed by atoms with E-state index in [0.29, 0.717) is 14.1 Å². The van der Waals surface area contributed by atoms with Gasteiger partial charge in [-0.05, 0) is 48.1 Å². The van der Waals surface area contributed by atoms with Gasteiger partial charge in [0.2, 0.25) is 11.8 Å². The first kappa shape index (κ1) is 43.1. The van der Waals surface area contributed by atoms with Crippen LogP contribution in [0.2, 0.25) is 0 Å². The van der Waals surface area contributed by atoms with Crippen molar-refractivity contribution in [3.63, 3.8) is 0 Å². The zero-order valence-corrected chi connectivity index (χ0v) is 30.2. The highest BCUT2D eigenvalue weighted by atomic mass is 35.5. The van der Waals surface area contributed by atoms with Gasteiger partial charge in [-0.15, -0.1) is 11.6 Å². The van der Waals surface area contributed by atoms with Gasteiger partial charge in [0.1, 0.15) is 11.7 Å². The number of benzene rings is 2. The normalized spacial score (nSPS) is 12.3. The summed E-state index contributed by atoms with van der Waals surface area (Å²) in [5, 5.41) is 4.22. The number of hydrogen-bond donors (Lipinski definition) is 3. The first-order valence-electron chi connectivity index (χ1n) is 14.7. The Balaban J connectivity index is 0.000000260. The number of halogens is 7. The summed E-state index contributed by atoms with van der Waals surface area (Å²) >= 11 is 13.6. The standard InChI is InChI=1S/C13H12F3N3OS2.C8H6N2S2.C5H7ClF3NO.C4H8O/c14-13(15,16)6-7-17-10(20)8-21-12-18-11(19-22-12)9-4-2-1-3-5-9;11-8-9-7(10-12-8)6-4-2-1-3-5-6;6-3-4(11)10-2-1-5(7,8)9;1-2-4-5-3-1/h1-5H,6-8H2,(H,17,20);1-5H,(H,9,10,11);1-3H2,(H,10,11);1-4H2. The molecule has 2 aromatic carbocycles. The lowest BCUT2D eigenvalue weighted by Gasteiger charge is -2.06. The summed E-state index contributed by atoms with van der Waals surface area (Å²) in [6.07, 6.45) is -7.97. The smallest absolute Gasteiger partial charge is 0.381 e. The third-order valence-corrected chi connectivity index (χ3v) is 8.64. The van der Waals surface area contributed by atoms with E-state index in [1.165, 1.54) is 24.4 Å². The van der Waals surface area contributed by atoms with Crippen LogP contribution in [0.15, 0.2) is 65.0 Å². The van der Waals surface area contributed by atoms with Crippen LogP contribution < -0.4 is 10.6 Å². The summed E-state index contributed by atoms with van der Waals surface area (Å²) in [5.74, 6) is 0.0943. The summed E-state index contributed by atoms with van der Waals surface area (Å²) in [4.78, 5) is 30.2. The van der Waals surface area contributed by atoms with Gasteiger partial charge < -0.3 is 15.4 Å². The second-order valence-electron chi connectivity index (χ2n) is 9.72. The average molecular weight is 803 g/mol. The van der Waals surface area contributed by atoms with Gasteiger partial charge in [-0.25, -0.2) is 9.97 Å². The maximum absolute atomic E-state index is 11.9. The fourth-order valence-electron chi connectivity index (χ4n) is 3.34. The van der Waals surface area contributed by atoms with Crippen LogP contribution in [0.1, 0.15) is 25.7 Å². The number of amides is 2. The highest BCUT2D eigenvalue weighted by Gasteiger charge is 2.27. The molecule has 1 aliphatic rings. The number of nitrogens with zero attached hydrogens (tertiary/aromatic N) is 3. The van der Waals surface area contributed by atoms with E-state index in [0.717, 1.165) is 53.5 Å². The maximum Gasteiger partial charge on any atom is 0.390 e. The number of carbonyl (C=O) groups is 2. The summed E-state index contributed by atoms with van der Waals surface area (Å²) in [5.41, 5.74) is 1.95. The van der Waals surface area contributed by atoms with Crippen molar-refractivity contribution in [3.05, 3.63) is 64.6 Å². The summed E-state index contributed by atoms with van der Waals surface area (Å²) in [7, 11) is 0. The van der Waals surface area contributed by atoms with Crippen LogP contribution in [0.25, 0.3) is 22.8 Å². The summed E-state index contributed by atoms with van der Waals surface area (Å²) in [6.45, 7) is 1.18. The van der Waals surface area contributed by atoms with E-state index < -0.39 is 50.1 Å². The molecule has 3 heterocycles. The van der Waals surface area contributed by atoms with Gasteiger partial charge in [-0.1, -0.05) is 72.4 Å². The van der Waals surface area contributed by atoms with Crippen LogP contribution in [-0.2, 0) is 14.3 Å². The summed E-state index contributed by atoms with van der Waals surface area (Å²) in [6, 6.07) is 19.3. The van der Waals surface area contributed by atoms with Crippen molar-refractivity contribution in [2.24, 2.45) is 0 Å². The predicted octanol–water partition coefficient (Wildman–Crippen LogP) is 8.32. The van der Waals surface area contributed by atoms with Crippen molar-refractivity contribution in [1.29, 1.82) is 0 Å². The minimum absolute atomic E-state index is 0.0152. The Morgan fingerprint density at radius 3 is 1.86 bits per heavy atom. The van der Waals surface area contributed by atoms with Gasteiger partial charge in [0.25, 0.3) is 0 Å². The molecule has 9 nitrogen and oxygen atoms in total. The predicted molar refractivity (Wildman–Crippen MR) is 187 cm³/mol. The first-order valence-corrected chi connectivity index (χ1v) is 18.2. The molecular weight excluding hydrogens is 770 g/mol. The van der Waals surface area contributed by atoms with E-state index >= 15 is 0 Å². The zero-order chi connectivity index (χ0) is 36.8. The van der Waals surface area contributed by atoms with E-state index in [1.807, 2.05) is 66.0 Å². The molecule has 2 aromatic heterocycles. The molecule has 0 radical (unpaired) electrons. The molecule has 1 fully saturated rings. The molecule has 0 unspecified atom stereocenters. The topological polar surface area (TPSA) is 122 Å². The number of rotatable bonds is 10. The van der Waals surface area contributed by atoms with Crippen LogP contribution in [-0.4, -0.2) is 80.8 Å². The Bertz CT molecular complexity index is 1580. The highest BCUT2D eigenvalue weighted by Crippen LogP contribution is 2.25. The lowest BCUT2D eigenvalue weighted by Crippen LogP contribution is -2.29. The largest absolute Gasteiger partial charge is 0.390 e. The molecule has 3 N–H and O–H groups in total. The number of H-pyrrole nitrogens is 1. The highest BCUT2D eigenvalue weighted by molar-refractivity contribution is 8.01. The fraction of sp³-hybridized carbons (Fsp3) is 0.400. The van der Waals surface area contributed by atoms with E-state index in [4.69, 9.17) is 28.6 Å². The monoisotopic (exact) mass is 802 g/mol. The van der Waals surface area contributed by atoms with Gasteiger partial charge in [-0.3, -0.25) is 14.0 Å². The molecule has 0 saturated carbocycles. The molecule has 274 valence electrons. The quantitative estimate of drug-likeness (QED) is 0.0634. The van der Waals surface area contributed by atoms with E-state index in [2.05, 4.69) is 24.0 Å². The number of hydrogen-bond acceptors (Lipinski definition) is 10. The van der Waals surface area contributed by atoms with Crippen LogP contribution >= 0.6 is 58.6 Å². The minimum Gasteiger partial charge on any atom is -0.381 e. The number of thioether (sulfide) groups is 1. The maximum atomic E-state index is 11.9. The van der Waals surface area contributed by atoms with Gasteiger partial charge >= 0.3 is 12.4 Å². The van der Waals surface area contributed by atoms with Gasteiger partial charge in [0, 0.05) is 37.4 Å². The molecular formula is C30H33ClF6N6O3S4. The molecule has 0 bridgehead atoms. The number of aromatic amines is 1. The third kappa shape index (κ3) is 20.5. The molecule has 0 atom stereocenters. The minimum atomic E-state index is -4.26. The molecule has 4 aromatic rings. The average Bonchev–Trinajstić information content (AvgIpc) is 3.89. The number of aromatic nitrogens is 4. The second kappa shape index (κ2) is 23.4. The molecule has 2 amide bonds. The Morgan fingerprint density at radius 1 is 0.860 bits per heavy atom. The van der Waals surface area contributed by atoms with E-state index in [-0.39, 0.29) is 11.6 Å². The van der Waals surface area contributed by atoms with Crippen LogP contribution in [0.5, 0.6) is 0 Å². The molecule has 1 saturated heterocycles. The Labute approximate surface area is 306 Å². The molecule has 1 aliphatic heterocycles. The molecule has 5 rings (SSSR count). The Kier molecular flexibility index (Phi) is 20.1. The molecule has 20 heteroatoms. The van der Waals surface area contributed by atoms with Crippen LogP contribution in [0.3, 0.4) is 0 Å². The van der Waals surface area contributed by atoms with Crippen molar-refractivity contribution in [1.82, 2.24) is 29.3 Å². The number of ether oxygens (including phenoxy) is 1. The van der Waals surface area contributed by atoms with Gasteiger partial charge in [-0.2, -0.15) is 30.7 Å². The third-order valence-electron chi connectivity index (χ3n) is 5.66. The lowest BCUT2D eigenvalue weighted by molar-refractivity contribution is -0.136. The van der Waals surface area contributed by atoms with Gasteiger partial charge in [0.05, 0.1) is 18.6 Å². The Hall–Kier alpha value is -3.10. The van der Waals surface area contributed by atoms with Crippen molar-refractivity contribution in [3.8, 4) is 22.8 Å². The number of alkyl halides is 7. The van der Waals surface area contributed by atoms with Crippen LogP contribution in [0, 0.1) is 3.95 Å². The van der Waals surface area contributed by atoms with Crippen molar-refractivity contribution < 1.29 is 40.7 Å². The Morgan fingerprint density at radius 2 is 1.40 bits per heavy atom. The van der Waals surface area contributed by atoms with Crippen LogP contribution in [0.4, 0.5) is 26.3 Å².